The van der Waals surface area contributed by atoms with E-state index in [2.05, 4.69) is 17.5 Å². The topological polar surface area (TPSA) is 53.3 Å². The Kier molecular flexibility index (Phi) is 7.85. The smallest absolute Gasteiger partial charge is 0.305 e. The zero-order valence-corrected chi connectivity index (χ0v) is 12.5. The summed E-state index contributed by atoms with van der Waals surface area (Å²) < 4.78 is 4.92. The predicted molar refractivity (Wildman–Crippen MR) is 82.5 cm³/mol. The minimum Gasteiger partial charge on any atom is -0.466 e. The van der Waals surface area contributed by atoms with Gasteiger partial charge in [0.25, 0.3) is 0 Å². The van der Waals surface area contributed by atoms with E-state index in [1.54, 1.807) is 6.07 Å². The standard InChI is InChI=1S/C17H22N2O2/c1-3-10-19(11-6-9-17(20)21-4-2)14-16-8-5-7-15(12-16)13-18/h3,5,7-8,12H,1,4,6,9-11,14H2,2H3. The van der Waals surface area contributed by atoms with Crippen LogP contribution in [0.2, 0.25) is 0 Å². The highest BCUT2D eigenvalue weighted by molar-refractivity contribution is 5.69. The van der Waals surface area contributed by atoms with Crippen molar-refractivity contribution in [3.63, 3.8) is 0 Å². The highest BCUT2D eigenvalue weighted by atomic mass is 16.5. The number of carbonyl (C=O) groups is 1. The first kappa shape index (κ1) is 16.9. The normalized spacial score (nSPS) is 10.1. The summed E-state index contributed by atoms with van der Waals surface area (Å²) in [6, 6.07) is 9.72. The van der Waals surface area contributed by atoms with Crippen LogP contribution in [-0.2, 0) is 16.1 Å². The monoisotopic (exact) mass is 286 g/mol. The number of hydrogen-bond acceptors (Lipinski definition) is 4. The van der Waals surface area contributed by atoms with Gasteiger partial charge in [-0.05, 0) is 37.6 Å². The first-order chi connectivity index (χ1) is 10.2. The van der Waals surface area contributed by atoms with Crippen LogP contribution in [0.15, 0.2) is 36.9 Å². The minimum absolute atomic E-state index is 0.150. The van der Waals surface area contributed by atoms with E-state index in [4.69, 9.17) is 10.00 Å². The van der Waals surface area contributed by atoms with Crippen LogP contribution in [0.1, 0.15) is 30.9 Å². The molecule has 0 saturated carbocycles. The van der Waals surface area contributed by atoms with Gasteiger partial charge in [-0.1, -0.05) is 18.2 Å². The molecule has 0 unspecified atom stereocenters. The van der Waals surface area contributed by atoms with Gasteiger partial charge in [0.2, 0.25) is 0 Å². The zero-order chi connectivity index (χ0) is 15.5. The van der Waals surface area contributed by atoms with E-state index in [-0.39, 0.29) is 5.97 Å². The average Bonchev–Trinajstić information content (AvgIpc) is 2.48. The van der Waals surface area contributed by atoms with Crippen molar-refractivity contribution >= 4 is 5.97 Å². The summed E-state index contributed by atoms with van der Waals surface area (Å²) in [5, 5.41) is 8.92. The van der Waals surface area contributed by atoms with E-state index >= 15 is 0 Å². The zero-order valence-electron chi connectivity index (χ0n) is 12.5. The molecule has 112 valence electrons. The lowest BCUT2D eigenvalue weighted by molar-refractivity contribution is -0.143. The van der Waals surface area contributed by atoms with E-state index < -0.39 is 0 Å². The highest BCUT2D eigenvalue weighted by Crippen LogP contribution is 2.09. The molecule has 0 saturated heterocycles. The second-order valence-electron chi connectivity index (χ2n) is 4.74. The van der Waals surface area contributed by atoms with Gasteiger partial charge in [0.1, 0.15) is 0 Å². The Morgan fingerprint density at radius 2 is 2.33 bits per heavy atom. The lowest BCUT2D eigenvalue weighted by Crippen LogP contribution is -2.25. The summed E-state index contributed by atoms with van der Waals surface area (Å²) >= 11 is 0. The van der Waals surface area contributed by atoms with Gasteiger partial charge in [0, 0.05) is 19.5 Å². The molecule has 0 radical (unpaired) electrons. The van der Waals surface area contributed by atoms with Crippen LogP contribution in [0.25, 0.3) is 0 Å². The van der Waals surface area contributed by atoms with Crippen molar-refractivity contribution in [1.29, 1.82) is 5.26 Å². The Labute approximate surface area is 126 Å². The Bertz CT molecular complexity index is 506. The second-order valence-corrected chi connectivity index (χ2v) is 4.74. The van der Waals surface area contributed by atoms with Crippen molar-refractivity contribution in [3.05, 3.63) is 48.0 Å². The summed E-state index contributed by atoms with van der Waals surface area (Å²) in [7, 11) is 0. The molecule has 0 amide bonds. The number of nitrogens with zero attached hydrogens (tertiary/aromatic N) is 2. The van der Waals surface area contributed by atoms with E-state index in [1.165, 1.54) is 0 Å². The van der Waals surface area contributed by atoms with Crippen LogP contribution in [0.3, 0.4) is 0 Å². The van der Waals surface area contributed by atoms with Crippen LogP contribution in [0.5, 0.6) is 0 Å². The molecule has 0 fully saturated rings. The first-order valence-electron chi connectivity index (χ1n) is 7.17. The van der Waals surface area contributed by atoms with Crippen LogP contribution in [-0.4, -0.2) is 30.6 Å². The fourth-order valence-corrected chi connectivity index (χ4v) is 2.10. The highest BCUT2D eigenvalue weighted by Gasteiger charge is 2.07. The summed E-state index contributed by atoms with van der Waals surface area (Å²) in [4.78, 5) is 13.5. The van der Waals surface area contributed by atoms with Crippen molar-refractivity contribution < 1.29 is 9.53 Å². The van der Waals surface area contributed by atoms with Crippen molar-refractivity contribution in [1.82, 2.24) is 4.90 Å². The van der Waals surface area contributed by atoms with E-state index in [0.29, 0.717) is 18.6 Å². The maximum absolute atomic E-state index is 11.3. The predicted octanol–water partition coefficient (Wildman–Crippen LogP) is 2.89. The molecule has 4 heteroatoms. The van der Waals surface area contributed by atoms with Gasteiger partial charge in [-0.25, -0.2) is 0 Å². The second kappa shape index (κ2) is 9.73. The summed E-state index contributed by atoms with van der Waals surface area (Å²) in [5.74, 6) is -0.150. The van der Waals surface area contributed by atoms with Gasteiger partial charge in [0.15, 0.2) is 0 Å². The number of rotatable bonds is 9. The van der Waals surface area contributed by atoms with Gasteiger partial charge >= 0.3 is 5.97 Å². The number of carbonyl (C=O) groups excluding carboxylic acids is 1. The molecule has 0 bridgehead atoms. The van der Waals surface area contributed by atoms with Gasteiger partial charge in [-0.3, -0.25) is 9.69 Å². The molecular weight excluding hydrogens is 264 g/mol. The van der Waals surface area contributed by atoms with Crippen LogP contribution in [0, 0.1) is 11.3 Å². The summed E-state index contributed by atoms with van der Waals surface area (Å²) in [6.45, 7) is 8.28. The van der Waals surface area contributed by atoms with Crippen molar-refractivity contribution in [2.24, 2.45) is 0 Å². The third-order valence-electron chi connectivity index (χ3n) is 3.01. The lowest BCUT2D eigenvalue weighted by atomic mass is 10.1. The molecule has 0 aliphatic carbocycles. The number of benzene rings is 1. The van der Waals surface area contributed by atoms with Crippen LogP contribution < -0.4 is 0 Å². The number of nitriles is 1. The van der Waals surface area contributed by atoms with Crippen molar-refractivity contribution in [3.8, 4) is 6.07 Å². The molecule has 0 heterocycles. The molecule has 1 aromatic rings. The van der Waals surface area contributed by atoms with Gasteiger partial charge in [0.05, 0.1) is 18.2 Å². The number of hydrogen-bond donors (Lipinski definition) is 0. The van der Waals surface area contributed by atoms with Crippen LogP contribution >= 0.6 is 0 Å². The molecular formula is C17H22N2O2. The number of esters is 1. The average molecular weight is 286 g/mol. The molecule has 1 aromatic carbocycles. The van der Waals surface area contributed by atoms with Crippen molar-refractivity contribution in [2.45, 2.75) is 26.3 Å². The maximum Gasteiger partial charge on any atom is 0.305 e. The summed E-state index contributed by atoms with van der Waals surface area (Å²) in [5.41, 5.74) is 1.75. The Balaban J connectivity index is 2.51. The van der Waals surface area contributed by atoms with Gasteiger partial charge in [-0.15, -0.1) is 6.58 Å². The SMILES string of the molecule is C=CCN(CCCC(=O)OCC)Cc1cccc(C#N)c1. The molecule has 21 heavy (non-hydrogen) atoms. The minimum atomic E-state index is -0.150. The fraction of sp³-hybridized carbons (Fsp3) is 0.412. The summed E-state index contributed by atoms with van der Waals surface area (Å²) in [6.07, 6.45) is 3.03. The third-order valence-corrected chi connectivity index (χ3v) is 3.01. The molecule has 0 aliphatic rings. The fourth-order valence-electron chi connectivity index (χ4n) is 2.10. The molecule has 0 atom stereocenters. The molecule has 1 rings (SSSR count). The Hall–Kier alpha value is -2.12. The molecule has 4 nitrogen and oxygen atoms in total. The first-order valence-corrected chi connectivity index (χ1v) is 7.17. The largest absolute Gasteiger partial charge is 0.466 e. The molecule has 0 aliphatic heterocycles. The van der Waals surface area contributed by atoms with Gasteiger partial charge < -0.3 is 4.74 Å². The van der Waals surface area contributed by atoms with E-state index in [9.17, 15) is 4.79 Å². The molecule has 0 N–H and O–H groups in total. The van der Waals surface area contributed by atoms with E-state index in [1.807, 2.05) is 31.2 Å². The van der Waals surface area contributed by atoms with Crippen LogP contribution in [0.4, 0.5) is 0 Å². The van der Waals surface area contributed by atoms with Gasteiger partial charge in [-0.2, -0.15) is 5.26 Å². The maximum atomic E-state index is 11.3. The quantitative estimate of drug-likeness (QED) is 0.517. The lowest BCUT2D eigenvalue weighted by Gasteiger charge is -2.20. The number of ether oxygens (including phenoxy) is 1. The Morgan fingerprint density at radius 1 is 1.52 bits per heavy atom. The van der Waals surface area contributed by atoms with Crippen molar-refractivity contribution in [2.75, 3.05) is 19.7 Å². The molecule has 0 aromatic heterocycles. The molecule has 0 spiro atoms. The van der Waals surface area contributed by atoms with E-state index in [0.717, 1.165) is 31.6 Å². The third kappa shape index (κ3) is 6.73. The Morgan fingerprint density at radius 3 is 3.00 bits per heavy atom.